The Morgan fingerprint density at radius 3 is 2.91 bits per heavy atom. The van der Waals surface area contributed by atoms with Crippen LogP contribution < -0.4 is 5.32 Å². The number of nitrogens with zero attached hydrogens (tertiary/aromatic N) is 2. The first kappa shape index (κ1) is 16.2. The lowest BCUT2D eigenvalue weighted by Gasteiger charge is -2.33. The van der Waals surface area contributed by atoms with Crippen LogP contribution in [0.4, 0.5) is 0 Å². The number of fused-ring (bicyclic) bond motifs is 1. The molecule has 0 amide bonds. The van der Waals surface area contributed by atoms with E-state index in [1.165, 1.54) is 55.7 Å². The normalized spacial score (nSPS) is 21.3. The topological polar surface area (TPSA) is 28.2 Å². The Kier molecular flexibility index (Phi) is 4.74. The lowest BCUT2D eigenvalue weighted by atomic mass is 9.78. The molecular formula is C17H24ClN3S. The molecule has 0 aliphatic carbocycles. The van der Waals surface area contributed by atoms with E-state index in [0.717, 1.165) is 17.1 Å². The van der Waals surface area contributed by atoms with Crippen molar-refractivity contribution in [1.82, 2.24) is 15.2 Å². The summed E-state index contributed by atoms with van der Waals surface area (Å²) >= 11 is 1.81. The van der Waals surface area contributed by atoms with E-state index in [1.807, 2.05) is 11.3 Å². The summed E-state index contributed by atoms with van der Waals surface area (Å²) in [5.74, 6) is 0. The number of nitrogens with one attached hydrogen (secondary N) is 1. The number of benzene rings is 1. The molecule has 0 unspecified atom stereocenters. The van der Waals surface area contributed by atoms with Crippen molar-refractivity contribution in [2.75, 3.05) is 26.2 Å². The highest BCUT2D eigenvalue weighted by Crippen LogP contribution is 2.39. The van der Waals surface area contributed by atoms with E-state index in [1.54, 1.807) is 0 Å². The molecule has 2 saturated heterocycles. The molecule has 1 N–H and O–H groups in total. The van der Waals surface area contributed by atoms with Crippen LogP contribution in [0, 0.1) is 12.3 Å². The first-order valence-electron chi connectivity index (χ1n) is 8.02. The molecular weight excluding hydrogens is 314 g/mol. The zero-order valence-corrected chi connectivity index (χ0v) is 14.7. The fourth-order valence-corrected chi connectivity index (χ4v) is 4.86. The number of thiazole rings is 1. The zero-order valence-electron chi connectivity index (χ0n) is 13.1. The number of piperidine rings is 1. The fraction of sp³-hybridized carbons (Fsp3) is 0.588. The van der Waals surface area contributed by atoms with E-state index in [-0.39, 0.29) is 12.4 Å². The van der Waals surface area contributed by atoms with Gasteiger partial charge in [-0.15, -0.1) is 23.7 Å². The first-order chi connectivity index (χ1) is 10.2. The molecule has 3 nitrogen and oxygen atoms in total. The van der Waals surface area contributed by atoms with Crippen molar-refractivity contribution in [2.45, 2.75) is 32.7 Å². The fourth-order valence-electron chi connectivity index (χ4n) is 3.97. The number of hydrogen-bond donors (Lipinski definition) is 1. The predicted octanol–water partition coefficient (Wildman–Crippen LogP) is 3.60. The van der Waals surface area contributed by atoms with Crippen molar-refractivity contribution in [3.05, 3.63) is 28.8 Å². The molecule has 22 heavy (non-hydrogen) atoms. The van der Waals surface area contributed by atoms with E-state index in [4.69, 9.17) is 0 Å². The Labute approximate surface area is 142 Å². The molecule has 1 spiro atoms. The quantitative estimate of drug-likeness (QED) is 0.907. The summed E-state index contributed by atoms with van der Waals surface area (Å²) in [7, 11) is 0. The average Bonchev–Trinajstić information content (AvgIpc) is 3.02. The largest absolute Gasteiger partial charge is 0.317 e. The molecule has 0 atom stereocenters. The minimum absolute atomic E-state index is 0. The molecule has 5 heteroatoms. The predicted molar refractivity (Wildman–Crippen MR) is 96.0 cm³/mol. The third-order valence-corrected chi connectivity index (χ3v) is 6.08. The lowest BCUT2D eigenvalue weighted by molar-refractivity contribution is 0.194. The lowest BCUT2D eigenvalue weighted by Crippen LogP contribution is -2.38. The maximum absolute atomic E-state index is 4.55. The molecule has 2 fully saturated rings. The molecule has 1 aromatic carbocycles. The number of hydrogen-bond acceptors (Lipinski definition) is 4. The van der Waals surface area contributed by atoms with Gasteiger partial charge >= 0.3 is 0 Å². The SMILES string of the molecule is Cc1nc2ccc(CN3CCC4(CCNCC4)C3)cc2s1.Cl. The van der Waals surface area contributed by atoms with Gasteiger partial charge in [0.15, 0.2) is 0 Å². The summed E-state index contributed by atoms with van der Waals surface area (Å²) in [6, 6.07) is 6.78. The molecule has 3 heterocycles. The third-order valence-electron chi connectivity index (χ3n) is 5.15. The summed E-state index contributed by atoms with van der Waals surface area (Å²) in [6.07, 6.45) is 4.10. The first-order valence-corrected chi connectivity index (χ1v) is 8.83. The van der Waals surface area contributed by atoms with Crippen LogP contribution in [0.2, 0.25) is 0 Å². The summed E-state index contributed by atoms with van der Waals surface area (Å²) in [5, 5.41) is 4.66. The Morgan fingerprint density at radius 1 is 1.27 bits per heavy atom. The second kappa shape index (κ2) is 6.44. The number of aromatic nitrogens is 1. The van der Waals surface area contributed by atoms with Crippen molar-refractivity contribution in [3.63, 3.8) is 0 Å². The van der Waals surface area contributed by atoms with E-state index in [0.29, 0.717) is 5.41 Å². The average molecular weight is 338 g/mol. The van der Waals surface area contributed by atoms with E-state index >= 15 is 0 Å². The Morgan fingerprint density at radius 2 is 2.09 bits per heavy atom. The highest BCUT2D eigenvalue weighted by molar-refractivity contribution is 7.18. The smallest absolute Gasteiger partial charge is 0.0907 e. The van der Waals surface area contributed by atoms with Gasteiger partial charge < -0.3 is 5.32 Å². The van der Waals surface area contributed by atoms with Gasteiger partial charge in [0.05, 0.1) is 15.2 Å². The molecule has 0 radical (unpaired) electrons. The van der Waals surface area contributed by atoms with Crippen LogP contribution in [0.3, 0.4) is 0 Å². The van der Waals surface area contributed by atoms with Gasteiger partial charge in [0, 0.05) is 13.1 Å². The van der Waals surface area contributed by atoms with Crippen molar-refractivity contribution >= 4 is 34.0 Å². The van der Waals surface area contributed by atoms with Crippen molar-refractivity contribution < 1.29 is 0 Å². The van der Waals surface area contributed by atoms with Gasteiger partial charge in [-0.2, -0.15) is 0 Å². The minimum Gasteiger partial charge on any atom is -0.317 e. The number of aryl methyl sites for hydroxylation is 1. The minimum atomic E-state index is 0. The number of halogens is 1. The second-order valence-electron chi connectivity index (χ2n) is 6.75. The maximum atomic E-state index is 4.55. The summed E-state index contributed by atoms with van der Waals surface area (Å²) in [5.41, 5.74) is 3.20. The van der Waals surface area contributed by atoms with Crippen LogP contribution in [0.5, 0.6) is 0 Å². The monoisotopic (exact) mass is 337 g/mol. The second-order valence-corrected chi connectivity index (χ2v) is 7.98. The van der Waals surface area contributed by atoms with E-state index in [9.17, 15) is 0 Å². The number of rotatable bonds is 2. The molecule has 1 aromatic heterocycles. The van der Waals surface area contributed by atoms with Gasteiger partial charge in [-0.3, -0.25) is 4.90 Å². The number of likely N-dealkylation sites (tertiary alicyclic amines) is 1. The van der Waals surface area contributed by atoms with Crippen LogP contribution in [0.15, 0.2) is 18.2 Å². The highest BCUT2D eigenvalue weighted by atomic mass is 35.5. The third kappa shape index (κ3) is 3.16. The van der Waals surface area contributed by atoms with Gasteiger partial charge in [-0.05, 0) is 68.9 Å². The maximum Gasteiger partial charge on any atom is 0.0907 e. The zero-order chi connectivity index (χ0) is 14.3. The van der Waals surface area contributed by atoms with Gasteiger partial charge in [0.25, 0.3) is 0 Å². The van der Waals surface area contributed by atoms with Gasteiger partial charge in [-0.1, -0.05) is 6.07 Å². The molecule has 2 aliphatic heterocycles. The highest BCUT2D eigenvalue weighted by Gasteiger charge is 2.38. The standard InChI is InChI=1S/C17H23N3S.ClH/c1-13-19-15-3-2-14(10-16(15)21-13)11-20-9-6-17(12-20)4-7-18-8-5-17;/h2-3,10,18H,4-9,11-12H2,1H3;1H. The van der Waals surface area contributed by atoms with Gasteiger partial charge in [0.1, 0.15) is 0 Å². The summed E-state index contributed by atoms with van der Waals surface area (Å²) in [6.45, 7) is 8.15. The van der Waals surface area contributed by atoms with Crippen LogP contribution in [0.25, 0.3) is 10.2 Å². The summed E-state index contributed by atoms with van der Waals surface area (Å²) < 4.78 is 1.33. The van der Waals surface area contributed by atoms with Crippen molar-refractivity contribution in [3.8, 4) is 0 Å². The van der Waals surface area contributed by atoms with Crippen LogP contribution in [-0.4, -0.2) is 36.1 Å². The van der Waals surface area contributed by atoms with E-state index < -0.39 is 0 Å². The molecule has 0 bridgehead atoms. The van der Waals surface area contributed by atoms with Crippen LogP contribution >= 0.6 is 23.7 Å². The Balaban J connectivity index is 0.00000144. The molecule has 120 valence electrons. The van der Waals surface area contributed by atoms with Gasteiger partial charge in [-0.25, -0.2) is 4.98 Å². The van der Waals surface area contributed by atoms with Crippen LogP contribution in [0.1, 0.15) is 29.8 Å². The summed E-state index contributed by atoms with van der Waals surface area (Å²) in [4.78, 5) is 7.21. The van der Waals surface area contributed by atoms with Crippen molar-refractivity contribution in [1.29, 1.82) is 0 Å². The molecule has 0 saturated carbocycles. The molecule has 2 aromatic rings. The van der Waals surface area contributed by atoms with Crippen molar-refractivity contribution in [2.24, 2.45) is 5.41 Å². The Hall–Kier alpha value is -0.680. The molecule has 2 aliphatic rings. The van der Waals surface area contributed by atoms with E-state index in [2.05, 4.69) is 40.3 Å². The van der Waals surface area contributed by atoms with Gasteiger partial charge in [0.2, 0.25) is 0 Å². The van der Waals surface area contributed by atoms with Crippen LogP contribution in [-0.2, 0) is 6.54 Å². The Bertz CT molecular complexity index is 648. The molecule has 4 rings (SSSR count).